The Bertz CT molecular complexity index is 559. The lowest BCUT2D eigenvalue weighted by atomic mass is 10.2. The number of piperazine rings is 1. The Balaban J connectivity index is 1.85. The minimum absolute atomic E-state index is 0.0862. The molecular weight excluding hydrogens is 318 g/mol. The summed E-state index contributed by atoms with van der Waals surface area (Å²) in [7, 11) is 0. The molecule has 1 aliphatic rings. The summed E-state index contributed by atoms with van der Waals surface area (Å²) in [6.07, 6.45) is -0.289. The first-order chi connectivity index (χ1) is 11.0. The monoisotopic (exact) mass is 339 g/mol. The molecule has 1 aromatic rings. The molecule has 1 heterocycles. The van der Waals surface area contributed by atoms with Crippen molar-refractivity contribution in [1.82, 2.24) is 9.80 Å². The van der Waals surface area contributed by atoms with Crippen LogP contribution in [0, 0.1) is 0 Å². The smallest absolute Gasteiger partial charge is 0.409 e. The third kappa shape index (κ3) is 4.84. The number of hydrogen-bond acceptors (Lipinski definition) is 4. The van der Waals surface area contributed by atoms with Gasteiger partial charge in [0.25, 0.3) is 0 Å². The Morgan fingerprint density at radius 2 is 2.00 bits per heavy atom. The molecule has 0 aromatic heterocycles. The van der Waals surface area contributed by atoms with Gasteiger partial charge in [0.1, 0.15) is 0 Å². The number of carbonyl (C=O) groups is 2. The van der Waals surface area contributed by atoms with Crippen LogP contribution < -0.4 is 5.32 Å². The summed E-state index contributed by atoms with van der Waals surface area (Å²) < 4.78 is 4.99. The molecule has 2 rings (SSSR count). The van der Waals surface area contributed by atoms with Crippen molar-refractivity contribution < 1.29 is 14.3 Å². The molecule has 1 fully saturated rings. The highest BCUT2D eigenvalue weighted by molar-refractivity contribution is 6.30. The van der Waals surface area contributed by atoms with Crippen molar-refractivity contribution in [3.8, 4) is 0 Å². The van der Waals surface area contributed by atoms with Gasteiger partial charge in [-0.15, -0.1) is 0 Å². The number of nitrogens with one attached hydrogen (secondary N) is 1. The van der Waals surface area contributed by atoms with E-state index in [4.69, 9.17) is 16.3 Å². The number of rotatable bonds is 4. The van der Waals surface area contributed by atoms with E-state index in [9.17, 15) is 9.59 Å². The van der Waals surface area contributed by atoms with E-state index in [1.807, 2.05) is 6.92 Å². The highest BCUT2D eigenvalue weighted by Gasteiger charge is 2.27. The van der Waals surface area contributed by atoms with Crippen LogP contribution in [-0.4, -0.2) is 60.6 Å². The first-order valence-corrected chi connectivity index (χ1v) is 8.11. The second kappa shape index (κ2) is 8.17. The molecule has 23 heavy (non-hydrogen) atoms. The third-order valence-electron chi connectivity index (χ3n) is 3.86. The number of halogens is 1. The van der Waals surface area contributed by atoms with Crippen molar-refractivity contribution in [2.24, 2.45) is 0 Å². The Hall–Kier alpha value is -1.79. The molecule has 0 unspecified atom stereocenters. The Morgan fingerprint density at radius 3 is 2.61 bits per heavy atom. The molecular formula is C16H22ClN3O3. The minimum Gasteiger partial charge on any atom is -0.450 e. The number of benzene rings is 1. The van der Waals surface area contributed by atoms with Gasteiger partial charge >= 0.3 is 6.09 Å². The molecule has 1 N–H and O–H groups in total. The van der Waals surface area contributed by atoms with Crippen LogP contribution >= 0.6 is 11.6 Å². The Labute approximate surface area is 141 Å². The minimum atomic E-state index is -0.289. The number of carbonyl (C=O) groups excluding carboxylic acids is 2. The van der Waals surface area contributed by atoms with Gasteiger partial charge in [0.2, 0.25) is 5.91 Å². The largest absolute Gasteiger partial charge is 0.450 e. The van der Waals surface area contributed by atoms with Crippen LogP contribution in [0.1, 0.15) is 13.8 Å². The molecule has 1 aromatic carbocycles. The first-order valence-electron chi connectivity index (χ1n) is 7.73. The van der Waals surface area contributed by atoms with Crippen LogP contribution in [0.2, 0.25) is 5.02 Å². The van der Waals surface area contributed by atoms with E-state index in [0.29, 0.717) is 43.5 Å². The zero-order chi connectivity index (χ0) is 16.8. The van der Waals surface area contributed by atoms with Gasteiger partial charge in [0.15, 0.2) is 0 Å². The molecule has 0 aliphatic carbocycles. The van der Waals surface area contributed by atoms with Crippen LogP contribution in [0.5, 0.6) is 0 Å². The standard InChI is InChI=1S/C16H22ClN3O3/c1-3-23-16(22)20-9-7-19(8-10-20)12(2)15(21)18-14-6-4-5-13(17)11-14/h4-6,11-12H,3,7-10H2,1-2H3,(H,18,21)/t12-/m0/s1. The SMILES string of the molecule is CCOC(=O)N1CCN([C@@H](C)C(=O)Nc2cccc(Cl)c2)CC1. The molecule has 1 saturated heterocycles. The average molecular weight is 340 g/mol. The first kappa shape index (κ1) is 17.6. The summed E-state index contributed by atoms with van der Waals surface area (Å²) in [6, 6.07) is 6.79. The molecule has 126 valence electrons. The average Bonchev–Trinajstić information content (AvgIpc) is 2.54. The van der Waals surface area contributed by atoms with Gasteiger partial charge in [-0.05, 0) is 32.0 Å². The summed E-state index contributed by atoms with van der Waals surface area (Å²) in [5, 5.41) is 3.45. The second-order valence-corrected chi connectivity index (χ2v) is 5.83. The van der Waals surface area contributed by atoms with E-state index in [1.165, 1.54) is 0 Å². The van der Waals surface area contributed by atoms with Gasteiger partial charge < -0.3 is 15.0 Å². The van der Waals surface area contributed by atoms with E-state index in [0.717, 1.165) is 0 Å². The van der Waals surface area contributed by atoms with Gasteiger partial charge in [-0.25, -0.2) is 4.79 Å². The topological polar surface area (TPSA) is 61.9 Å². The predicted molar refractivity (Wildman–Crippen MR) is 89.7 cm³/mol. The maximum atomic E-state index is 12.3. The fourth-order valence-electron chi connectivity index (χ4n) is 2.49. The Kier molecular flexibility index (Phi) is 6.24. The molecule has 0 bridgehead atoms. The van der Waals surface area contributed by atoms with Gasteiger partial charge in [0, 0.05) is 36.9 Å². The maximum absolute atomic E-state index is 12.3. The van der Waals surface area contributed by atoms with Crippen molar-refractivity contribution in [3.05, 3.63) is 29.3 Å². The molecule has 6 nitrogen and oxygen atoms in total. The number of anilines is 1. The molecule has 0 spiro atoms. The summed E-state index contributed by atoms with van der Waals surface area (Å²) in [5.41, 5.74) is 0.680. The van der Waals surface area contributed by atoms with Crippen LogP contribution in [0.25, 0.3) is 0 Å². The maximum Gasteiger partial charge on any atom is 0.409 e. The quantitative estimate of drug-likeness (QED) is 0.915. The number of nitrogens with zero attached hydrogens (tertiary/aromatic N) is 2. The van der Waals surface area contributed by atoms with Crippen LogP contribution in [0.15, 0.2) is 24.3 Å². The highest BCUT2D eigenvalue weighted by atomic mass is 35.5. The number of amides is 2. The van der Waals surface area contributed by atoms with E-state index in [2.05, 4.69) is 10.2 Å². The molecule has 2 amide bonds. The Morgan fingerprint density at radius 1 is 1.30 bits per heavy atom. The fourth-order valence-corrected chi connectivity index (χ4v) is 2.68. The van der Waals surface area contributed by atoms with Crippen molar-refractivity contribution in [3.63, 3.8) is 0 Å². The summed E-state index contributed by atoms with van der Waals surface area (Å²) in [5.74, 6) is -0.0862. The van der Waals surface area contributed by atoms with Gasteiger partial charge in [-0.3, -0.25) is 9.69 Å². The normalized spacial score (nSPS) is 16.7. The van der Waals surface area contributed by atoms with Crippen molar-refractivity contribution in [1.29, 1.82) is 0 Å². The molecule has 1 aliphatic heterocycles. The highest BCUT2D eigenvalue weighted by Crippen LogP contribution is 2.16. The molecule has 7 heteroatoms. The zero-order valence-corrected chi connectivity index (χ0v) is 14.2. The van der Waals surface area contributed by atoms with E-state index < -0.39 is 0 Å². The lowest BCUT2D eigenvalue weighted by Gasteiger charge is -2.36. The van der Waals surface area contributed by atoms with Crippen LogP contribution in [0.4, 0.5) is 10.5 Å². The number of ether oxygens (including phenoxy) is 1. The van der Waals surface area contributed by atoms with Gasteiger partial charge in [-0.2, -0.15) is 0 Å². The molecule has 0 radical (unpaired) electrons. The van der Waals surface area contributed by atoms with Gasteiger partial charge in [-0.1, -0.05) is 17.7 Å². The predicted octanol–water partition coefficient (Wildman–Crippen LogP) is 2.44. The van der Waals surface area contributed by atoms with Crippen molar-refractivity contribution in [2.45, 2.75) is 19.9 Å². The summed E-state index contributed by atoms with van der Waals surface area (Å²) in [4.78, 5) is 27.7. The van der Waals surface area contributed by atoms with Gasteiger partial charge in [0.05, 0.1) is 12.6 Å². The molecule has 0 saturated carbocycles. The zero-order valence-electron chi connectivity index (χ0n) is 13.4. The lowest BCUT2D eigenvalue weighted by molar-refractivity contribution is -0.121. The third-order valence-corrected chi connectivity index (χ3v) is 4.09. The van der Waals surface area contributed by atoms with E-state index in [1.54, 1.807) is 36.1 Å². The number of hydrogen-bond donors (Lipinski definition) is 1. The second-order valence-electron chi connectivity index (χ2n) is 5.40. The summed E-state index contributed by atoms with van der Waals surface area (Å²) >= 11 is 5.92. The summed E-state index contributed by atoms with van der Waals surface area (Å²) in [6.45, 7) is 6.43. The van der Waals surface area contributed by atoms with Crippen LogP contribution in [0.3, 0.4) is 0 Å². The van der Waals surface area contributed by atoms with Crippen LogP contribution in [-0.2, 0) is 9.53 Å². The van der Waals surface area contributed by atoms with E-state index >= 15 is 0 Å². The fraction of sp³-hybridized carbons (Fsp3) is 0.500. The van der Waals surface area contributed by atoms with Crippen molar-refractivity contribution >= 4 is 29.3 Å². The molecule has 1 atom stereocenters. The van der Waals surface area contributed by atoms with E-state index in [-0.39, 0.29) is 18.0 Å². The van der Waals surface area contributed by atoms with Crippen molar-refractivity contribution in [2.75, 3.05) is 38.1 Å². The lowest BCUT2D eigenvalue weighted by Crippen LogP contribution is -2.54.